The lowest BCUT2D eigenvalue weighted by atomic mass is 9.89. The Balaban J connectivity index is 2.18. The summed E-state index contributed by atoms with van der Waals surface area (Å²) in [4.78, 5) is 10.2. The molecule has 0 radical (unpaired) electrons. The number of nitrogens with zero attached hydrogens (tertiary/aromatic N) is 2. The molecular weight excluding hydrogens is 396 g/mol. The first-order chi connectivity index (χ1) is 15.0. The zero-order valence-electron chi connectivity index (χ0n) is 20.3. The molecule has 0 fully saturated rings. The molecule has 4 heteroatoms. The van der Waals surface area contributed by atoms with E-state index in [0.717, 1.165) is 55.8 Å². The van der Waals surface area contributed by atoms with E-state index in [9.17, 15) is 0 Å². The number of ether oxygens (including phenoxy) is 2. The molecule has 4 nitrogen and oxygen atoms in total. The summed E-state index contributed by atoms with van der Waals surface area (Å²) in [5, 5.41) is 2.11. The third-order valence-electron chi connectivity index (χ3n) is 5.87. The first kappa shape index (κ1) is 22.1. The summed E-state index contributed by atoms with van der Waals surface area (Å²) in [6.07, 6.45) is 0. The van der Waals surface area contributed by atoms with E-state index in [4.69, 9.17) is 19.4 Å². The lowest BCUT2D eigenvalue weighted by molar-refractivity contribution is 0.411. The molecule has 32 heavy (non-hydrogen) atoms. The van der Waals surface area contributed by atoms with E-state index >= 15 is 0 Å². The van der Waals surface area contributed by atoms with Crippen LogP contribution in [0.25, 0.3) is 32.9 Å². The molecule has 0 spiro atoms. The molecular formula is C28H32N2O2. The van der Waals surface area contributed by atoms with Gasteiger partial charge in [-0.25, -0.2) is 0 Å². The molecule has 166 valence electrons. The SMILES string of the molecule is COc1ccc2ccc(C(C)(C)C)nc2c1-c1c(OC)ccc2ccc(C(C)(C)C)nc12. The maximum atomic E-state index is 5.86. The highest BCUT2D eigenvalue weighted by molar-refractivity contribution is 6.07. The molecule has 0 aliphatic heterocycles. The van der Waals surface area contributed by atoms with Crippen LogP contribution < -0.4 is 9.47 Å². The van der Waals surface area contributed by atoms with E-state index in [1.165, 1.54) is 0 Å². The van der Waals surface area contributed by atoms with Gasteiger partial charge in [-0.05, 0) is 36.4 Å². The topological polar surface area (TPSA) is 44.2 Å². The number of hydrogen-bond acceptors (Lipinski definition) is 4. The smallest absolute Gasteiger partial charge is 0.129 e. The Labute approximate surface area is 190 Å². The number of fused-ring (bicyclic) bond motifs is 2. The third-order valence-corrected chi connectivity index (χ3v) is 5.87. The first-order valence-electron chi connectivity index (χ1n) is 11.0. The molecule has 4 rings (SSSR count). The molecule has 2 aromatic carbocycles. The summed E-state index contributed by atoms with van der Waals surface area (Å²) >= 11 is 0. The Kier molecular flexibility index (Phi) is 5.36. The summed E-state index contributed by atoms with van der Waals surface area (Å²) in [5.74, 6) is 1.51. The maximum Gasteiger partial charge on any atom is 0.129 e. The average molecular weight is 429 g/mol. The summed E-state index contributed by atoms with van der Waals surface area (Å²) in [5.41, 5.74) is 5.53. The van der Waals surface area contributed by atoms with Crippen molar-refractivity contribution < 1.29 is 9.47 Å². The van der Waals surface area contributed by atoms with Gasteiger partial charge < -0.3 is 9.47 Å². The van der Waals surface area contributed by atoms with E-state index < -0.39 is 0 Å². The van der Waals surface area contributed by atoms with Crippen molar-refractivity contribution in [1.29, 1.82) is 0 Å². The third kappa shape index (κ3) is 3.79. The minimum absolute atomic E-state index is 0.0744. The number of hydrogen-bond donors (Lipinski definition) is 0. The highest BCUT2D eigenvalue weighted by Crippen LogP contribution is 2.45. The molecule has 0 unspecified atom stereocenters. The second-order valence-corrected chi connectivity index (χ2v) is 10.3. The standard InChI is InChI=1S/C28H32N2O2/c1-27(2,3)21-15-11-17-9-13-19(31-7)23(25(17)29-21)24-20(32-8)14-10-18-12-16-22(28(4,5)6)30-26(18)24/h9-16H,1-8H3. The van der Waals surface area contributed by atoms with Gasteiger partial charge >= 0.3 is 0 Å². The minimum Gasteiger partial charge on any atom is -0.496 e. The van der Waals surface area contributed by atoms with Crippen LogP contribution in [-0.4, -0.2) is 24.2 Å². The van der Waals surface area contributed by atoms with Crippen molar-refractivity contribution >= 4 is 21.8 Å². The van der Waals surface area contributed by atoms with E-state index in [-0.39, 0.29) is 10.8 Å². The molecule has 0 saturated heterocycles. The summed E-state index contributed by atoms with van der Waals surface area (Å²) in [6, 6.07) is 16.6. The van der Waals surface area contributed by atoms with Gasteiger partial charge in [0.15, 0.2) is 0 Å². The largest absolute Gasteiger partial charge is 0.496 e. The second kappa shape index (κ2) is 7.77. The van der Waals surface area contributed by atoms with E-state index in [1.807, 2.05) is 12.1 Å². The van der Waals surface area contributed by atoms with Crippen LogP contribution in [0.15, 0.2) is 48.5 Å². The summed E-state index contributed by atoms with van der Waals surface area (Å²) < 4.78 is 11.7. The molecule has 2 heterocycles. The monoisotopic (exact) mass is 428 g/mol. The van der Waals surface area contributed by atoms with Crippen molar-refractivity contribution in [3.63, 3.8) is 0 Å². The number of rotatable bonds is 3. The van der Waals surface area contributed by atoms with Gasteiger partial charge in [0.1, 0.15) is 11.5 Å². The van der Waals surface area contributed by atoms with Crippen molar-refractivity contribution in [1.82, 2.24) is 9.97 Å². The van der Waals surface area contributed by atoms with E-state index in [2.05, 4.69) is 77.9 Å². The molecule has 4 aromatic rings. The Morgan fingerprint density at radius 1 is 0.531 bits per heavy atom. The quantitative estimate of drug-likeness (QED) is 0.350. The van der Waals surface area contributed by atoms with Gasteiger partial charge in [-0.3, -0.25) is 9.97 Å². The highest BCUT2D eigenvalue weighted by atomic mass is 16.5. The highest BCUT2D eigenvalue weighted by Gasteiger charge is 2.24. The predicted octanol–water partition coefficient (Wildman–Crippen LogP) is 7.06. The predicted molar refractivity (Wildman–Crippen MR) is 133 cm³/mol. The van der Waals surface area contributed by atoms with Crippen molar-refractivity contribution in [2.75, 3.05) is 14.2 Å². The van der Waals surface area contributed by atoms with Gasteiger partial charge in [-0.1, -0.05) is 53.7 Å². The van der Waals surface area contributed by atoms with Gasteiger partial charge in [0.2, 0.25) is 0 Å². The zero-order chi connectivity index (χ0) is 23.3. The van der Waals surface area contributed by atoms with Crippen LogP contribution >= 0.6 is 0 Å². The number of pyridine rings is 2. The first-order valence-corrected chi connectivity index (χ1v) is 11.0. The molecule has 0 aliphatic rings. The van der Waals surface area contributed by atoms with E-state index in [1.54, 1.807) is 14.2 Å². The number of aromatic nitrogens is 2. The Morgan fingerprint density at radius 2 is 0.875 bits per heavy atom. The van der Waals surface area contributed by atoms with Crippen LogP contribution in [0, 0.1) is 0 Å². The molecule has 0 atom stereocenters. The van der Waals surface area contributed by atoms with Gasteiger partial charge in [0.25, 0.3) is 0 Å². The van der Waals surface area contributed by atoms with Gasteiger partial charge in [0, 0.05) is 33.0 Å². The fourth-order valence-corrected chi connectivity index (χ4v) is 4.00. The molecule has 2 aromatic heterocycles. The molecule has 0 N–H and O–H groups in total. The van der Waals surface area contributed by atoms with E-state index in [0.29, 0.717) is 0 Å². The summed E-state index contributed by atoms with van der Waals surface area (Å²) in [6.45, 7) is 13.1. The fourth-order valence-electron chi connectivity index (χ4n) is 4.00. The van der Waals surface area contributed by atoms with Gasteiger partial charge in [-0.15, -0.1) is 0 Å². The van der Waals surface area contributed by atoms with Crippen molar-refractivity contribution in [3.05, 3.63) is 59.9 Å². The van der Waals surface area contributed by atoms with Crippen LogP contribution in [0.5, 0.6) is 11.5 Å². The lowest BCUT2D eigenvalue weighted by Gasteiger charge is -2.22. The minimum atomic E-state index is -0.0744. The van der Waals surface area contributed by atoms with Crippen molar-refractivity contribution in [3.8, 4) is 22.6 Å². The second-order valence-electron chi connectivity index (χ2n) is 10.3. The Morgan fingerprint density at radius 3 is 1.19 bits per heavy atom. The van der Waals surface area contributed by atoms with Crippen molar-refractivity contribution in [2.24, 2.45) is 0 Å². The van der Waals surface area contributed by atoms with Crippen molar-refractivity contribution in [2.45, 2.75) is 52.4 Å². The van der Waals surface area contributed by atoms with Gasteiger partial charge in [-0.2, -0.15) is 0 Å². The average Bonchev–Trinajstić information content (AvgIpc) is 2.75. The Hall–Kier alpha value is -3.14. The van der Waals surface area contributed by atoms with Crippen LogP contribution in [0.2, 0.25) is 0 Å². The van der Waals surface area contributed by atoms with Crippen LogP contribution in [-0.2, 0) is 10.8 Å². The normalized spacial score (nSPS) is 12.4. The van der Waals surface area contributed by atoms with Gasteiger partial charge in [0.05, 0.1) is 36.4 Å². The molecule has 0 amide bonds. The fraction of sp³-hybridized carbons (Fsp3) is 0.357. The van der Waals surface area contributed by atoms with Crippen LogP contribution in [0.3, 0.4) is 0 Å². The number of benzene rings is 2. The molecule has 0 saturated carbocycles. The van der Waals surface area contributed by atoms with Crippen LogP contribution in [0.1, 0.15) is 52.9 Å². The number of methoxy groups -OCH3 is 2. The molecule has 0 bridgehead atoms. The zero-order valence-corrected chi connectivity index (χ0v) is 20.3. The molecule has 0 aliphatic carbocycles. The lowest BCUT2D eigenvalue weighted by Crippen LogP contribution is -2.14. The maximum absolute atomic E-state index is 5.86. The summed E-state index contributed by atoms with van der Waals surface area (Å²) in [7, 11) is 3.40. The Bertz CT molecular complexity index is 1210. The van der Waals surface area contributed by atoms with Crippen LogP contribution in [0.4, 0.5) is 0 Å².